The lowest BCUT2D eigenvalue weighted by Crippen LogP contribution is -2.70. The highest BCUT2D eigenvalue weighted by Gasteiger charge is 2.66. The summed E-state index contributed by atoms with van der Waals surface area (Å²) >= 11 is 0. The number of nitro benzene ring substituents is 1. The molecule has 1 amide bonds. The van der Waals surface area contributed by atoms with Crippen molar-refractivity contribution in [3.63, 3.8) is 0 Å². The topological polar surface area (TPSA) is 153 Å². The van der Waals surface area contributed by atoms with Crippen molar-refractivity contribution in [2.24, 2.45) is 28.8 Å². The fraction of sp³-hybridized carbons (Fsp3) is 0.478. The maximum absolute atomic E-state index is 14.6. The summed E-state index contributed by atoms with van der Waals surface area (Å²) < 4.78 is 34.8. The third-order valence-corrected chi connectivity index (χ3v) is 12.1. The molecular formula is C46H54FN3O9. The number of benzene rings is 3. The van der Waals surface area contributed by atoms with Crippen LogP contribution in [0.3, 0.4) is 0 Å². The fourth-order valence-electron chi connectivity index (χ4n) is 9.34. The predicted octanol–water partition coefficient (Wildman–Crippen LogP) is 8.62. The number of nitro groups is 1. The molecule has 0 spiro atoms. The number of allylic oxidation sites excluding steroid dienone is 1. The molecule has 0 bridgehead atoms. The molecule has 2 saturated carbocycles. The van der Waals surface area contributed by atoms with E-state index in [-0.39, 0.29) is 73.9 Å². The molecule has 0 aromatic heterocycles. The first-order chi connectivity index (χ1) is 28.7. The lowest BCUT2D eigenvalue weighted by Gasteiger charge is -2.60. The van der Waals surface area contributed by atoms with Gasteiger partial charge in [-0.3, -0.25) is 14.9 Å². The molecule has 1 heterocycles. The zero-order chi connectivity index (χ0) is 41.5. The molecule has 4 aliphatic rings. The van der Waals surface area contributed by atoms with Gasteiger partial charge in [0, 0.05) is 49.6 Å². The number of oxime groups is 1. The molecule has 2 N–H and O–H groups in total. The minimum absolute atomic E-state index is 0.00631. The van der Waals surface area contributed by atoms with Gasteiger partial charge in [0.2, 0.25) is 11.7 Å². The van der Waals surface area contributed by atoms with Crippen LogP contribution in [0.2, 0.25) is 0 Å². The number of nitrogens with zero attached hydrogens (tertiary/aromatic N) is 3. The Morgan fingerprint density at radius 1 is 1.05 bits per heavy atom. The Bertz CT molecular complexity index is 2040. The van der Waals surface area contributed by atoms with Gasteiger partial charge in [-0.2, -0.15) is 0 Å². The molecule has 2 fully saturated rings. The van der Waals surface area contributed by atoms with Crippen LogP contribution in [-0.2, 0) is 20.9 Å². The van der Waals surface area contributed by atoms with E-state index >= 15 is 0 Å². The fourth-order valence-corrected chi connectivity index (χ4v) is 9.34. The van der Waals surface area contributed by atoms with E-state index in [9.17, 15) is 29.5 Å². The van der Waals surface area contributed by atoms with Crippen LogP contribution in [0, 0.1) is 39.6 Å². The number of aliphatic hydroxyl groups excluding tert-OH is 2. The second-order valence-electron chi connectivity index (χ2n) is 15.9. The van der Waals surface area contributed by atoms with E-state index < -0.39 is 22.7 Å². The summed E-state index contributed by atoms with van der Waals surface area (Å²) in [5, 5.41) is 36.1. The minimum atomic E-state index is -1.44. The average Bonchev–Trinajstić information content (AvgIpc) is 4.09. The Balaban J connectivity index is 1.44. The number of carbonyl (C=O) groups is 1. The summed E-state index contributed by atoms with van der Waals surface area (Å²) in [4.78, 5) is 33.5. The second kappa shape index (κ2) is 18.9. The Kier molecular flexibility index (Phi) is 13.4. The first-order valence-electron chi connectivity index (χ1n) is 20.9. The van der Waals surface area contributed by atoms with Gasteiger partial charge >= 0.3 is 0 Å². The molecule has 0 unspecified atom stereocenters. The monoisotopic (exact) mass is 811 g/mol. The van der Waals surface area contributed by atoms with Gasteiger partial charge in [-0.05, 0) is 105 Å². The van der Waals surface area contributed by atoms with E-state index in [1.54, 1.807) is 36.4 Å². The van der Waals surface area contributed by atoms with Gasteiger partial charge in [0.05, 0.1) is 29.2 Å². The van der Waals surface area contributed by atoms with Crippen LogP contribution in [0.4, 0.5) is 10.1 Å². The molecule has 12 nitrogen and oxygen atoms in total. The first-order valence-corrected chi connectivity index (χ1v) is 20.9. The molecule has 1 aliphatic heterocycles. The molecule has 7 rings (SSSR count). The van der Waals surface area contributed by atoms with Gasteiger partial charge < -0.3 is 34.2 Å². The first kappa shape index (κ1) is 42.0. The van der Waals surface area contributed by atoms with Crippen molar-refractivity contribution in [2.75, 3.05) is 26.4 Å². The lowest BCUT2D eigenvalue weighted by molar-refractivity contribution is -0.384. The Labute approximate surface area is 344 Å². The number of ether oxygens (including phenoxy) is 3. The highest BCUT2D eigenvalue weighted by atomic mass is 19.1. The van der Waals surface area contributed by atoms with Gasteiger partial charge in [0.1, 0.15) is 35.7 Å². The number of rotatable bonds is 20. The van der Waals surface area contributed by atoms with Crippen molar-refractivity contribution in [3.05, 3.63) is 118 Å². The zero-order valence-corrected chi connectivity index (χ0v) is 33.5. The second-order valence-corrected chi connectivity index (χ2v) is 15.9. The largest absolute Gasteiger partial charge is 0.459 e. The third-order valence-electron chi connectivity index (χ3n) is 12.1. The highest BCUT2D eigenvalue weighted by Crippen LogP contribution is 2.62. The van der Waals surface area contributed by atoms with E-state index in [0.717, 1.165) is 55.2 Å². The van der Waals surface area contributed by atoms with Crippen molar-refractivity contribution in [3.8, 4) is 17.2 Å². The van der Waals surface area contributed by atoms with E-state index in [1.807, 2.05) is 24.0 Å². The molecule has 3 aromatic rings. The molecule has 314 valence electrons. The average molecular weight is 812 g/mol. The van der Waals surface area contributed by atoms with E-state index in [1.165, 1.54) is 24.3 Å². The number of unbranched alkanes of at least 4 members (excludes halogenated alkanes) is 2. The number of non-ortho nitro benzene ring substituents is 1. The van der Waals surface area contributed by atoms with Crippen molar-refractivity contribution in [1.29, 1.82) is 0 Å². The van der Waals surface area contributed by atoms with E-state index in [2.05, 4.69) is 12.7 Å². The molecule has 13 heteroatoms. The third kappa shape index (κ3) is 9.07. The summed E-state index contributed by atoms with van der Waals surface area (Å²) in [6.45, 7) is 6.64. The maximum Gasteiger partial charge on any atom is 0.273 e. The molecule has 0 radical (unpaired) electrons. The van der Waals surface area contributed by atoms with Crippen LogP contribution in [0.25, 0.3) is 0 Å². The normalized spacial score (nSPS) is 24.9. The highest BCUT2D eigenvalue weighted by molar-refractivity contribution is 6.03. The summed E-state index contributed by atoms with van der Waals surface area (Å²) in [5.41, 5.74) is 3.12. The van der Waals surface area contributed by atoms with Crippen LogP contribution >= 0.6 is 0 Å². The number of hydrogen-bond donors (Lipinski definition) is 2. The summed E-state index contributed by atoms with van der Waals surface area (Å²) in [5.74, 6) is -1.45. The van der Waals surface area contributed by atoms with Crippen LogP contribution in [0.15, 0.2) is 96.2 Å². The van der Waals surface area contributed by atoms with Crippen LogP contribution < -0.4 is 9.47 Å². The Morgan fingerprint density at radius 2 is 1.80 bits per heavy atom. The molecular weight excluding hydrogens is 758 g/mol. The van der Waals surface area contributed by atoms with Crippen molar-refractivity contribution >= 4 is 17.3 Å². The number of carbonyl (C=O) groups excluding carboxylic acids is 1. The van der Waals surface area contributed by atoms with Crippen molar-refractivity contribution in [2.45, 2.75) is 89.0 Å². The number of halogens is 1. The quantitative estimate of drug-likeness (QED) is 0.0494. The minimum Gasteiger partial charge on any atom is -0.459 e. The number of hydrogen-bond acceptors (Lipinski definition) is 10. The smallest absolute Gasteiger partial charge is 0.273 e. The van der Waals surface area contributed by atoms with Gasteiger partial charge in [0.25, 0.3) is 5.69 Å². The summed E-state index contributed by atoms with van der Waals surface area (Å²) in [6, 6.07) is 17.1. The standard InChI is InChI=1S/C46H54FN3O9/c1-3-24-56-46-42(49(45(53)31-16-17-31)29-30-14-18-33(47)19-15-30)28-40(48-57-4-2)38-25-32(10-5-7-22-51)37(13-6-8-23-52)43(44(38)46)39-27-36(20-21-41(39)59-46)58-35-12-9-11-34(26-35)50(54)55/h3,9,11-12,14-15,18-21,25-27,31-32,37,42-44,51-52H,1,4-8,10,13,16-17,22-24,28-29H2,2H3/t32-,37+,42-,43+,44+,46+/m0/s1. The zero-order valence-electron chi connectivity index (χ0n) is 33.5. The van der Waals surface area contributed by atoms with E-state index in [0.29, 0.717) is 42.4 Å². The van der Waals surface area contributed by atoms with Crippen LogP contribution in [0.5, 0.6) is 17.2 Å². The van der Waals surface area contributed by atoms with Gasteiger partial charge in [0.15, 0.2) is 0 Å². The van der Waals surface area contributed by atoms with Gasteiger partial charge in [-0.1, -0.05) is 48.3 Å². The summed E-state index contributed by atoms with van der Waals surface area (Å²) in [7, 11) is 0. The number of amides is 1. The molecule has 59 heavy (non-hydrogen) atoms. The van der Waals surface area contributed by atoms with Gasteiger partial charge in [-0.25, -0.2) is 4.39 Å². The molecule has 3 aromatic carbocycles. The molecule has 3 aliphatic carbocycles. The molecule has 6 atom stereocenters. The maximum atomic E-state index is 14.6. The Morgan fingerprint density at radius 3 is 2.49 bits per heavy atom. The molecule has 0 saturated heterocycles. The Hall–Kier alpha value is -5.11. The van der Waals surface area contributed by atoms with Crippen LogP contribution in [-0.4, -0.2) is 69.9 Å². The van der Waals surface area contributed by atoms with Gasteiger partial charge in [-0.15, -0.1) is 6.58 Å². The summed E-state index contributed by atoms with van der Waals surface area (Å²) in [6.07, 6.45) is 10.1. The van der Waals surface area contributed by atoms with Crippen molar-refractivity contribution in [1.82, 2.24) is 4.90 Å². The lowest BCUT2D eigenvalue weighted by atomic mass is 9.55. The van der Waals surface area contributed by atoms with Crippen molar-refractivity contribution < 1.29 is 43.4 Å². The number of fused-ring (bicyclic) bond motifs is 2. The predicted molar refractivity (Wildman–Crippen MR) is 219 cm³/mol. The van der Waals surface area contributed by atoms with E-state index in [4.69, 9.17) is 24.2 Å². The van der Waals surface area contributed by atoms with Crippen LogP contribution in [0.1, 0.15) is 81.8 Å². The SMILES string of the molecule is C=CCO[C@@]12Oc3ccc(Oc4cccc([N+](=O)[O-])c4)cc3[C@H]3[C@H](CCCCO)[C@@H](CCCCO)C=C(C(=NOCC)C[C@@H]1N(Cc1ccc(F)cc1)C(=O)C1CC1)[C@H]32. The number of aliphatic hydroxyl groups is 2.